The second-order valence-electron chi connectivity index (χ2n) is 4.96. The van der Waals surface area contributed by atoms with Crippen LogP contribution in [0.2, 0.25) is 0 Å². The number of carbonyl (C=O) groups excluding carboxylic acids is 2. The molecule has 1 aromatic rings. The van der Waals surface area contributed by atoms with Crippen LogP contribution >= 0.6 is 0 Å². The first-order valence-corrected chi connectivity index (χ1v) is 7.62. The fourth-order valence-electron chi connectivity index (χ4n) is 2.35. The highest BCUT2D eigenvalue weighted by Crippen LogP contribution is 2.35. The molecule has 0 bridgehead atoms. The molecule has 0 amide bonds. The van der Waals surface area contributed by atoms with Crippen molar-refractivity contribution in [1.29, 1.82) is 0 Å². The fraction of sp³-hybridized carbons (Fsp3) is 0.222. The number of allylic oxidation sites excluding steroid dienone is 2. The summed E-state index contributed by atoms with van der Waals surface area (Å²) in [6.07, 6.45) is 5.36. The molecule has 0 saturated carbocycles. The maximum Gasteiger partial charge on any atom is 0.355 e. The molecule has 1 aliphatic rings. The van der Waals surface area contributed by atoms with Gasteiger partial charge in [-0.1, -0.05) is 6.08 Å². The largest absolute Gasteiger partial charge is 0.491 e. The Bertz CT molecular complexity index is 814. The Morgan fingerprint density at radius 3 is 2.38 bits per heavy atom. The topological polar surface area (TPSA) is 65.1 Å². The number of benzene rings is 1. The van der Waals surface area contributed by atoms with Gasteiger partial charge in [0, 0.05) is 6.20 Å². The summed E-state index contributed by atoms with van der Waals surface area (Å²) >= 11 is 0. The molecule has 0 spiro atoms. The number of esters is 2. The van der Waals surface area contributed by atoms with Crippen molar-refractivity contribution in [2.45, 2.75) is 6.92 Å². The molecular formula is C18H17F2NO5. The molecule has 138 valence electrons. The van der Waals surface area contributed by atoms with Crippen molar-refractivity contribution in [3.63, 3.8) is 0 Å². The minimum absolute atomic E-state index is 0.159. The van der Waals surface area contributed by atoms with Crippen LogP contribution in [-0.2, 0) is 19.1 Å². The normalized spacial score (nSPS) is 13.5. The first-order valence-electron chi connectivity index (χ1n) is 7.62. The van der Waals surface area contributed by atoms with E-state index in [1.165, 1.54) is 24.4 Å². The molecule has 0 radical (unpaired) electrons. The SMILES string of the molecule is CCOc1ccc(F)c(N2C=CC=CC(C(=O)OC)=C2C(=O)OC)c1F. The Balaban J connectivity index is 2.75. The van der Waals surface area contributed by atoms with Gasteiger partial charge in [0.2, 0.25) is 0 Å². The number of hydrogen-bond acceptors (Lipinski definition) is 6. The van der Waals surface area contributed by atoms with E-state index in [9.17, 15) is 18.4 Å². The van der Waals surface area contributed by atoms with E-state index in [0.29, 0.717) is 0 Å². The van der Waals surface area contributed by atoms with Crippen LogP contribution < -0.4 is 9.64 Å². The van der Waals surface area contributed by atoms with E-state index in [4.69, 9.17) is 4.74 Å². The number of ether oxygens (including phenoxy) is 3. The average molecular weight is 365 g/mol. The highest BCUT2D eigenvalue weighted by Gasteiger charge is 2.31. The molecule has 0 atom stereocenters. The molecule has 0 N–H and O–H groups in total. The van der Waals surface area contributed by atoms with Gasteiger partial charge in [0.05, 0.1) is 26.4 Å². The van der Waals surface area contributed by atoms with Crippen molar-refractivity contribution in [1.82, 2.24) is 0 Å². The van der Waals surface area contributed by atoms with E-state index >= 15 is 0 Å². The maximum absolute atomic E-state index is 14.8. The standard InChI is InChI=1S/C18H17F2NO5/c1-4-26-13-9-8-12(19)16(14(13)20)21-10-6-5-7-11(17(22)24-2)15(21)18(23)25-3/h5-10H,4H2,1-3H3. The van der Waals surface area contributed by atoms with E-state index in [-0.39, 0.29) is 17.9 Å². The molecule has 0 fully saturated rings. The highest BCUT2D eigenvalue weighted by molar-refractivity contribution is 6.05. The fourth-order valence-corrected chi connectivity index (χ4v) is 2.35. The van der Waals surface area contributed by atoms with E-state index in [1.807, 2.05) is 0 Å². The summed E-state index contributed by atoms with van der Waals surface area (Å²) in [5.41, 5.74) is -1.20. The first kappa shape index (κ1) is 19.2. The lowest BCUT2D eigenvalue weighted by atomic mass is 10.1. The second-order valence-corrected chi connectivity index (χ2v) is 4.96. The van der Waals surface area contributed by atoms with E-state index in [1.54, 1.807) is 6.92 Å². The minimum atomic E-state index is -1.02. The minimum Gasteiger partial charge on any atom is -0.491 e. The molecule has 0 unspecified atom stereocenters. The molecule has 8 heteroatoms. The van der Waals surface area contributed by atoms with Gasteiger partial charge in [0.25, 0.3) is 0 Å². The molecule has 1 aromatic carbocycles. The predicted molar refractivity (Wildman–Crippen MR) is 89.3 cm³/mol. The van der Waals surface area contributed by atoms with Crippen LogP contribution in [0.15, 0.2) is 47.8 Å². The number of anilines is 1. The average Bonchev–Trinajstić information content (AvgIpc) is 2.86. The van der Waals surface area contributed by atoms with Gasteiger partial charge >= 0.3 is 11.9 Å². The van der Waals surface area contributed by atoms with Gasteiger partial charge in [0.1, 0.15) is 11.4 Å². The number of methoxy groups -OCH3 is 2. The number of rotatable bonds is 5. The lowest BCUT2D eigenvalue weighted by molar-refractivity contribution is -0.139. The van der Waals surface area contributed by atoms with Crippen LogP contribution in [0, 0.1) is 11.6 Å². The molecule has 0 aromatic heterocycles. The van der Waals surface area contributed by atoms with Gasteiger partial charge in [-0.15, -0.1) is 0 Å². The Morgan fingerprint density at radius 1 is 1.08 bits per heavy atom. The number of hydrogen-bond donors (Lipinski definition) is 0. The summed E-state index contributed by atoms with van der Waals surface area (Å²) in [6.45, 7) is 1.81. The van der Waals surface area contributed by atoms with Gasteiger partial charge < -0.3 is 19.1 Å². The molecule has 2 rings (SSSR count). The molecule has 1 aliphatic heterocycles. The summed E-state index contributed by atoms with van der Waals surface area (Å²) in [5, 5.41) is 0. The van der Waals surface area contributed by atoms with Crippen molar-refractivity contribution < 1.29 is 32.6 Å². The smallest absolute Gasteiger partial charge is 0.355 e. The summed E-state index contributed by atoms with van der Waals surface area (Å²) < 4.78 is 43.8. The third kappa shape index (κ3) is 3.58. The van der Waals surface area contributed by atoms with Gasteiger partial charge in [-0.05, 0) is 31.2 Å². The Morgan fingerprint density at radius 2 is 1.77 bits per heavy atom. The van der Waals surface area contributed by atoms with Gasteiger partial charge in [-0.25, -0.2) is 18.4 Å². The zero-order valence-electron chi connectivity index (χ0n) is 14.4. The maximum atomic E-state index is 14.8. The highest BCUT2D eigenvalue weighted by atomic mass is 19.1. The number of carbonyl (C=O) groups is 2. The van der Waals surface area contributed by atoms with Crippen LogP contribution in [0.5, 0.6) is 5.75 Å². The van der Waals surface area contributed by atoms with Crippen LogP contribution in [0.1, 0.15) is 6.92 Å². The third-order valence-corrected chi connectivity index (χ3v) is 3.46. The van der Waals surface area contributed by atoms with Crippen LogP contribution in [0.4, 0.5) is 14.5 Å². The van der Waals surface area contributed by atoms with Gasteiger partial charge in [-0.3, -0.25) is 0 Å². The van der Waals surface area contributed by atoms with E-state index < -0.39 is 35.0 Å². The lowest BCUT2D eigenvalue weighted by Crippen LogP contribution is -2.28. The third-order valence-electron chi connectivity index (χ3n) is 3.46. The Kier molecular flexibility index (Phi) is 6.11. The number of halogens is 2. The lowest BCUT2D eigenvalue weighted by Gasteiger charge is -2.24. The zero-order valence-corrected chi connectivity index (χ0v) is 14.4. The molecular weight excluding hydrogens is 348 g/mol. The second kappa shape index (κ2) is 8.28. The van der Waals surface area contributed by atoms with E-state index in [2.05, 4.69) is 9.47 Å². The summed E-state index contributed by atoms with van der Waals surface area (Å²) in [4.78, 5) is 25.2. The molecule has 0 aliphatic carbocycles. The van der Waals surface area contributed by atoms with Crippen molar-refractivity contribution in [2.75, 3.05) is 25.7 Å². The van der Waals surface area contributed by atoms with Crippen molar-refractivity contribution in [3.8, 4) is 5.75 Å². The Labute approximate surface area is 148 Å². The van der Waals surface area contributed by atoms with Crippen LogP contribution in [0.3, 0.4) is 0 Å². The van der Waals surface area contributed by atoms with Crippen LogP contribution in [-0.4, -0.2) is 32.8 Å². The predicted octanol–water partition coefficient (Wildman–Crippen LogP) is 2.85. The van der Waals surface area contributed by atoms with Crippen molar-refractivity contribution in [3.05, 3.63) is 59.5 Å². The van der Waals surface area contributed by atoms with Crippen molar-refractivity contribution in [2.24, 2.45) is 0 Å². The van der Waals surface area contributed by atoms with Gasteiger partial charge in [0.15, 0.2) is 17.4 Å². The monoisotopic (exact) mass is 365 g/mol. The van der Waals surface area contributed by atoms with Crippen molar-refractivity contribution >= 4 is 17.6 Å². The zero-order chi connectivity index (χ0) is 19.3. The summed E-state index contributed by atoms with van der Waals surface area (Å²) in [7, 11) is 2.21. The molecule has 1 heterocycles. The molecule has 26 heavy (non-hydrogen) atoms. The number of nitrogens with zero attached hydrogens (tertiary/aromatic N) is 1. The van der Waals surface area contributed by atoms with E-state index in [0.717, 1.165) is 31.3 Å². The summed E-state index contributed by atoms with van der Waals surface area (Å²) in [6, 6.07) is 2.14. The first-order chi connectivity index (χ1) is 12.5. The Hall–Kier alpha value is -3.16. The molecule has 6 nitrogen and oxygen atoms in total. The summed E-state index contributed by atoms with van der Waals surface area (Å²) in [5.74, 6) is -4.01. The van der Waals surface area contributed by atoms with Crippen LogP contribution in [0.25, 0.3) is 0 Å². The van der Waals surface area contributed by atoms with Gasteiger partial charge in [-0.2, -0.15) is 0 Å². The quantitative estimate of drug-likeness (QED) is 0.748. The molecule has 0 saturated heterocycles.